The number of carboxylic acid groups (broad SMARTS) is 1. The van der Waals surface area contributed by atoms with Crippen molar-refractivity contribution in [1.82, 2.24) is 15.1 Å². The molecule has 1 aromatic heterocycles. The predicted octanol–water partition coefficient (Wildman–Crippen LogP) is 2.66. The highest BCUT2D eigenvalue weighted by molar-refractivity contribution is 5.93. The number of hydrogen-bond donors (Lipinski definition) is 3. The lowest BCUT2D eigenvalue weighted by molar-refractivity contribution is -0.137. The molecule has 0 aliphatic heterocycles. The first-order chi connectivity index (χ1) is 12.9. The van der Waals surface area contributed by atoms with E-state index in [1.165, 1.54) is 35.0 Å². The molecule has 0 aliphatic rings. The number of halogens is 1. The van der Waals surface area contributed by atoms with Gasteiger partial charge in [0, 0.05) is 6.07 Å². The van der Waals surface area contributed by atoms with Gasteiger partial charge in [0.25, 0.3) is 5.91 Å². The third-order valence-corrected chi connectivity index (χ3v) is 3.88. The molecule has 1 atom stereocenters. The van der Waals surface area contributed by atoms with Gasteiger partial charge in [-0.3, -0.25) is 9.59 Å². The number of para-hydroxylation sites is 1. The van der Waals surface area contributed by atoms with Crippen molar-refractivity contribution in [1.29, 1.82) is 0 Å². The summed E-state index contributed by atoms with van der Waals surface area (Å²) in [6.07, 6.45) is -0.386. The lowest BCUT2D eigenvalue weighted by atomic mass is 10.0. The van der Waals surface area contributed by atoms with E-state index in [0.717, 1.165) is 0 Å². The number of aromatic nitrogens is 2. The Bertz CT molecular complexity index is 955. The Morgan fingerprint density at radius 3 is 2.41 bits per heavy atom. The first-order valence-electron chi connectivity index (χ1n) is 8.06. The van der Waals surface area contributed by atoms with E-state index in [1.807, 2.05) is 0 Å². The number of benzene rings is 2. The number of nitrogens with one attached hydrogen (secondary N) is 1. The van der Waals surface area contributed by atoms with Crippen molar-refractivity contribution in [2.45, 2.75) is 12.5 Å². The predicted molar refractivity (Wildman–Crippen MR) is 94.1 cm³/mol. The summed E-state index contributed by atoms with van der Waals surface area (Å²) < 4.78 is 14.3. The summed E-state index contributed by atoms with van der Waals surface area (Å²) in [7, 11) is 0. The SMILES string of the molecule is O=C(O)C[C@H](NC(=O)c1cc(O)n(-c2ccccc2)n1)c1ccc(F)cc1. The monoisotopic (exact) mass is 369 g/mol. The maximum atomic E-state index is 13.1. The molecule has 0 bridgehead atoms. The Morgan fingerprint density at radius 2 is 1.78 bits per heavy atom. The third kappa shape index (κ3) is 4.30. The summed E-state index contributed by atoms with van der Waals surface area (Å²) >= 11 is 0. The highest BCUT2D eigenvalue weighted by atomic mass is 19.1. The van der Waals surface area contributed by atoms with E-state index >= 15 is 0 Å². The molecule has 27 heavy (non-hydrogen) atoms. The Kier molecular flexibility index (Phi) is 5.16. The molecule has 0 radical (unpaired) electrons. The average molecular weight is 369 g/mol. The molecule has 138 valence electrons. The Balaban J connectivity index is 1.83. The van der Waals surface area contributed by atoms with Gasteiger partial charge in [0.2, 0.25) is 5.88 Å². The molecule has 3 aromatic rings. The van der Waals surface area contributed by atoms with Gasteiger partial charge in [-0.15, -0.1) is 0 Å². The van der Waals surface area contributed by atoms with Crippen LogP contribution in [-0.2, 0) is 4.79 Å². The molecule has 3 N–H and O–H groups in total. The van der Waals surface area contributed by atoms with Crippen LogP contribution < -0.4 is 5.32 Å². The summed E-state index contributed by atoms with van der Waals surface area (Å²) in [5, 5.41) is 25.8. The van der Waals surface area contributed by atoms with Crippen LogP contribution in [-0.4, -0.2) is 31.9 Å². The number of aromatic hydroxyl groups is 1. The fourth-order valence-corrected chi connectivity index (χ4v) is 2.60. The lowest BCUT2D eigenvalue weighted by Crippen LogP contribution is -2.30. The second-order valence-corrected chi connectivity index (χ2v) is 5.81. The maximum Gasteiger partial charge on any atom is 0.305 e. The van der Waals surface area contributed by atoms with Crippen LogP contribution in [0.2, 0.25) is 0 Å². The first-order valence-corrected chi connectivity index (χ1v) is 8.06. The number of carbonyl (C=O) groups excluding carboxylic acids is 1. The molecule has 3 rings (SSSR count). The maximum absolute atomic E-state index is 13.1. The first kappa shape index (κ1) is 18.1. The van der Waals surface area contributed by atoms with Crippen molar-refractivity contribution in [3.8, 4) is 11.6 Å². The summed E-state index contributed by atoms with van der Waals surface area (Å²) in [6.45, 7) is 0. The van der Waals surface area contributed by atoms with Crippen molar-refractivity contribution in [3.05, 3.63) is 77.7 Å². The second kappa shape index (κ2) is 7.69. The molecule has 0 aliphatic carbocycles. The van der Waals surface area contributed by atoms with Crippen molar-refractivity contribution in [2.75, 3.05) is 0 Å². The standard InChI is InChI=1S/C19H16FN3O4/c20-13-8-6-12(7-9-13)15(11-18(25)26)21-19(27)16-10-17(24)23(22-16)14-4-2-1-3-5-14/h1-10,15,24H,11H2,(H,21,27)(H,25,26)/t15-/m0/s1. The third-order valence-electron chi connectivity index (χ3n) is 3.88. The number of rotatable bonds is 6. The van der Waals surface area contributed by atoms with E-state index in [4.69, 9.17) is 5.11 Å². The number of aliphatic carboxylic acids is 1. The van der Waals surface area contributed by atoms with Gasteiger partial charge in [-0.1, -0.05) is 30.3 Å². The van der Waals surface area contributed by atoms with E-state index in [9.17, 15) is 19.1 Å². The van der Waals surface area contributed by atoms with E-state index in [0.29, 0.717) is 11.3 Å². The molecule has 0 unspecified atom stereocenters. The number of carbonyl (C=O) groups is 2. The molecule has 1 amide bonds. The van der Waals surface area contributed by atoms with Crippen LogP contribution in [0.25, 0.3) is 5.69 Å². The van der Waals surface area contributed by atoms with Gasteiger partial charge in [0.1, 0.15) is 5.82 Å². The number of hydrogen-bond acceptors (Lipinski definition) is 4. The normalized spacial score (nSPS) is 11.7. The van der Waals surface area contributed by atoms with Gasteiger partial charge in [-0.25, -0.2) is 9.07 Å². The van der Waals surface area contributed by atoms with Gasteiger partial charge < -0.3 is 15.5 Å². The van der Waals surface area contributed by atoms with Crippen LogP contribution in [0.5, 0.6) is 5.88 Å². The zero-order valence-electron chi connectivity index (χ0n) is 14.0. The van der Waals surface area contributed by atoms with Crippen LogP contribution in [0.3, 0.4) is 0 Å². The molecule has 0 spiro atoms. The van der Waals surface area contributed by atoms with E-state index in [-0.39, 0.29) is 18.0 Å². The summed E-state index contributed by atoms with van der Waals surface area (Å²) in [5.74, 6) is -2.48. The fraction of sp³-hybridized carbons (Fsp3) is 0.105. The number of carboxylic acids is 1. The second-order valence-electron chi connectivity index (χ2n) is 5.81. The van der Waals surface area contributed by atoms with Gasteiger partial charge >= 0.3 is 5.97 Å². The van der Waals surface area contributed by atoms with Crippen molar-refractivity contribution in [2.24, 2.45) is 0 Å². The highest BCUT2D eigenvalue weighted by Gasteiger charge is 2.22. The van der Waals surface area contributed by atoms with Crippen molar-refractivity contribution < 1.29 is 24.2 Å². The van der Waals surface area contributed by atoms with Crippen LogP contribution in [0, 0.1) is 5.82 Å². The molecule has 2 aromatic carbocycles. The van der Waals surface area contributed by atoms with Crippen molar-refractivity contribution >= 4 is 11.9 Å². The lowest BCUT2D eigenvalue weighted by Gasteiger charge is -2.16. The van der Waals surface area contributed by atoms with Crippen LogP contribution >= 0.6 is 0 Å². The molecule has 0 saturated carbocycles. The van der Waals surface area contributed by atoms with E-state index in [1.54, 1.807) is 30.3 Å². The number of nitrogens with zero attached hydrogens (tertiary/aromatic N) is 2. The number of amides is 1. The van der Waals surface area contributed by atoms with Crippen LogP contribution in [0.15, 0.2) is 60.7 Å². The van der Waals surface area contributed by atoms with Crippen LogP contribution in [0.1, 0.15) is 28.5 Å². The molecular formula is C19H16FN3O4. The summed E-state index contributed by atoms with van der Waals surface area (Å²) in [5.41, 5.74) is 0.933. The minimum atomic E-state index is -1.12. The summed E-state index contributed by atoms with van der Waals surface area (Å²) in [4.78, 5) is 23.6. The Labute approximate surface area is 153 Å². The van der Waals surface area contributed by atoms with Gasteiger partial charge in [0.15, 0.2) is 5.69 Å². The molecule has 0 fully saturated rings. The zero-order chi connectivity index (χ0) is 19.4. The largest absolute Gasteiger partial charge is 0.493 e. The van der Waals surface area contributed by atoms with E-state index < -0.39 is 23.7 Å². The molecule has 7 nitrogen and oxygen atoms in total. The minimum absolute atomic E-state index is 0.0751. The quantitative estimate of drug-likeness (QED) is 0.620. The fourth-order valence-electron chi connectivity index (χ4n) is 2.60. The summed E-state index contributed by atoms with van der Waals surface area (Å²) in [6, 6.07) is 14.2. The average Bonchev–Trinajstić information content (AvgIpc) is 3.04. The molecule has 0 saturated heterocycles. The van der Waals surface area contributed by atoms with Gasteiger partial charge in [-0.2, -0.15) is 5.10 Å². The van der Waals surface area contributed by atoms with Crippen LogP contribution in [0.4, 0.5) is 4.39 Å². The molecule has 8 heteroatoms. The topological polar surface area (TPSA) is 104 Å². The minimum Gasteiger partial charge on any atom is -0.493 e. The Hall–Kier alpha value is -3.68. The zero-order valence-corrected chi connectivity index (χ0v) is 14.0. The van der Waals surface area contributed by atoms with E-state index in [2.05, 4.69) is 10.4 Å². The molecular weight excluding hydrogens is 353 g/mol. The smallest absolute Gasteiger partial charge is 0.305 e. The Morgan fingerprint density at radius 1 is 1.11 bits per heavy atom. The van der Waals surface area contributed by atoms with Crippen molar-refractivity contribution in [3.63, 3.8) is 0 Å². The molecule has 1 heterocycles. The highest BCUT2D eigenvalue weighted by Crippen LogP contribution is 2.21. The van der Waals surface area contributed by atoms with Gasteiger partial charge in [0.05, 0.1) is 18.2 Å². The van der Waals surface area contributed by atoms with Gasteiger partial charge in [-0.05, 0) is 29.8 Å².